The van der Waals surface area contributed by atoms with Gasteiger partial charge >= 0.3 is 6.03 Å². The van der Waals surface area contributed by atoms with E-state index in [0.29, 0.717) is 30.3 Å². The molecule has 2 saturated carbocycles. The van der Waals surface area contributed by atoms with Crippen LogP contribution >= 0.6 is 0 Å². The van der Waals surface area contributed by atoms with Crippen LogP contribution < -0.4 is 10.6 Å². The van der Waals surface area contributed by atoms with Crippen molar-refractivity contribution < 1.29 is 14.1 Å². The van der Waals surface area contributed by atoms with Gasteiger partial charge in [0.15, 0.2) is 5.82 Å². The van der Waals surface area contributed by atoms with Crippen LogP contribution in [0.1, 0.15) is 76.0 Å². The van der Waals surface area contributed by atoms with Crippen LogP contribution in [0.2, 0.25) is 0 Å². The molecule has 1 atom stereocenters. The summed E-state index contributed by atoms with van der Waals surface area (Å²) < 4.78 is 11.0. The molecule has 7 heteroatoms. The van der Waals surface area contributed by atoms with Crippen molar-refractivity contribution in [1.82, 2.24) is 20.8 Å². The first kappa shape index (κ1) is 17.8. The van der Waals surface area contributed by atoms with Crippen molar-refractivity contribution >= 4 is 6.03 Å². The monoisotopic (exact) mass is 362 g/mol. The third-order valence-corrected chi connectivity index (χ3v) is 6.20. The fourth-order valence-electron chi connectivity index (χ4n) is 4.07. The average Bonchev–Trinajstić information content (AvgIpc) is 3.56. The van der Waals surface area contributed by atoms with Crippen molar-refractivity contribution in [2.45, 2.75) is 64.3 Å². The van der Waals surface area contributed by atoms with Crippen molar-refractivity contribution in [3.8, 4) is 0 Å². The molecule has 2 aliphatic carbocycles. The highest BCUT2D eigenvalue weighted by Gasteiger charge is 2.53. The lowest BCUT2D eigenvalue weighted by molar-refractivity contribution is 0.0503. The van der Waals surface area contributed by atoms with E-state index in [0.717, 1.165) is 25.3 Å². The number of aromatic nitrogens is 2. The SMILES string of the molecule is CC(C)c1noc(C(NC(=O)NCC2(C3CC3)CC2)C2CCOCC2)n1. The van der Waals surface area contributed by atoms with Crippen molar-refractivity contribution in [3.63, 3.8) is 0 Å². The number of ether oxygens (including phenoxy) is 1. The number of nitrogens with zero attached hydrogens (tertiary/aromatic N) is 2. The molecule has 1 aromatic rings. The van der Waals surface area contributed by atoms with Crippen LogP contribution in [0.25, 0.3) is 0 Å². The number of urea groups is 1. The summed E-state index contributed by atoms with van der Waals surface area (Å²) in [5, 5.41) is 10.3. The molecule has 1 aromatic heterocycles. The van der Waals surface area contributed by atoms with Gasteiger partial charge in [0.2, 0.25) is 5.89 Å². The Bertz CT molecular complexity index is 630. The number of hydrogen-bond acceptors (Lipinski definition) is 5. The zero-order valence-electron chi connectivity index (χ0n) is 15.8. The van der Waals surface area contributed by atoms with Gasteiger partial charge in [0.25, 0.3) is 0 Å². The fraction of sp³-hybridized carbons (Fsp3) is 0.842. The van der Waals surface area contributed by atoms with Gasteiger partial charge < -0.3 is 19.9 Å². The van der Waals surface area contributed by atoms with E-state index in [2.05, 4.69) is 20.8 Å². The molecule has 1 unspecified atom stereocenters. The number of carbonyl (C=O) groups excluding carboxylic acids is 1. The normalized spacial score (nSPS) is 23.7. The van der Waals surface area contributed by atoms with Crippen LogP contribution in [0.5, 0.6) is 0 Å². The van der Waals surface area contributed by atoms with Crippen molar-refractivity contribution in [1.29, 1.82) is 0 Å². The molecule has 0 bridgehead atoms. The number of carbonyl (C=O) groups is 1. The van der Waals surface area contributed by atoms with E-state index in [-0.39, 0.29) is 23.9 Å². The molecule has 2 N–H and O–H groups in total. The van der Waals surface area contributed by atoms with Crippen LogP contribution in [0, 0.1) is 17.3 Å². The summed E-state index contributed by atoms with van der Waals surface area (Å²) in [5.74, 6) is 2.49. The molecule has 7 nitrogen and oxygen atoms in total. The van der Waals surface area contributed by atoms with Crippen LogP contribution in [-0.4, -0.2) is 35.9 Å². The number of nitrogens with one attached hydrogen (secondary N) is 2. The van der Waals surface area contributed by atoms with Gasteiger partial charge in [0, 0.05) is 25.7 Å². The predicted molar refractivity (Wildman–Crippen MR) is 95.6 cm³/mol. The Labute approximate surface area is 154 Å². The summed E-state index contributed by atoms with van der Waals surface area (Å²) in [6.45, 7) is 6.27. The Morgan fingerprint density at radius 2 is 1.96 bits per heavy atom. The minimum Gasteiger partial charge on any atom is -0.381 e. The Balaban J connectivity index is 1.40. The molecule has 0 aromatic carbocycles. The van der Waals surface area contributed by atoms with Crippen LogP contribution in [0.4, 0.5) is 4.79 Å². The van der Waals surface area contributed by atoms with Gasteiger partial charge in [-0.2, -0.15) is 4.98 Å². The Morgan fingerprint density at radius 1 is 1.23 bits per heavy atom. The van der Waals surface area contributed by atoms with E-state index in [4.69, 9.17) is 9.26 Å². The molecular formula is C19H30N4O3. The van der Waals surface area contributed by atoms with Gasteiger partial charge in [-0.15, -0.1) is 0 Å². The van der Waals surface area contributed by atoms with Crippen molar-refractivity contribution in [3.05, 3.63) is 11.7 Å². The van der Waals surface area contributed by atoms with Crippen molar-refractivity contribution in [2.24, 2.45) is 17.3 Å². The van der Waals surface area contributed by atoms with Crippen LogP contribution in [0.3, 0.4) is 0 Å². The molecule has 0 spiro atoms. The van der Waals surface area contributed by atoms with Gasteiger partial charge in [-0.1, -0.05) is 19.0 Å². The van der Waals surface area contributed by atoms with Gasteiger partial charge in [0.05, 0.1) is 0 Å². The highest BCUT2D eigenvalue weighted by Crippen LogP contribution is 2.60. The van der Waals surface area contributed by atoms with Crippen LogP contribution in [0.15, 0.2) is 4.52 Å². The van der Waals surface area contributed by atoms with E-state index in [1.165, 1.54) is 25.7 Å². The topological polar surface area (TPSA) is 89.3 Å². The van der Waals surface area contributed by atoms with E-state index in [1.807, 2.05) is 13.8 Å². The number of amides is 2. The smallest absolute Gasteiger partial charge is 0.315 e. The minimum absolute atomic E-state index is 0.127. The molecule has 1 saturated heterocycles. The second-order valence-corrected chi connectivity index (χ2v) is 8.54. The molecule has 2 amide bonds. The summed E-state index contributed by atoms with van der Waals surface area (Å²) in [7, 11) is 0. The van der Waals surface area contributed by atoms with Gasteiger partial charge in [0.1, 0.15) is 6.04 Å². The molecular weight excluding hydrogens is 332 g/mol. The Hall–Kier alpha value is -1.63. The second-order valence-electron chi connectivity index (χ2n) is 8.54. The summed E-state index contributed by atoms with van der Waals surface area (Å²) in [6, 6.07) is -0.382. The molecule has 26 heavy (non-hydrogen) atoms. The quantitative estimate of drug-likeness (QED) is 0.778. The zero-order chi connectivity index (χ0) is 18.1. The lowest BCUT2D eigenvalue weighted by atomic mass is 9.91. The van der Waals surface area contributed by atoms with E-state index < -0.39 is 0 Å². The summed E-state index contributed by atoms with van der Waals surface area (Å²) >= 11 is 0. The van der Waals surface area contributed by atoms with Gasteiger partial charge in [-0.05, 0) is 55.8 Å². The molecule has 144 valence electrons. The summed E-state index contributed by atoms with van der Waals surface area (Å²) in [5.41, 5.74) is 0.390. The molecule has 4 rings (SSSR count). The third-order valence-electron chi connectivity index (χ3n) is 6.20. The van der Waals surface area contributed by atoms with E-state index in [9.17, 15) is 4.79 Å². The third kappa shape index (κ3) is 3.87. The largest absolute Gasteiger partial charge is 0.381 e. The number of hydrogen-bond donors (Lipinski definition) is 2. The van der Waals surface area contributed by atoms with Gasteiger partial charge in [-0.25, -0.2) is 4.79 Å². The summed E-state index contributed by atoms with van der Waals surface area (Å²) in [6.07, 6.45) is 6.93. The maximum Gasteiger partial charge on any atom is 0.315 e. The molecule has 3 aliphatic rings. The van der Waals surface area contributed by atoms with E-state index in [1.54, 1.807) is 0 Å². The Morgan fingerprint density at radius 3 is 2.54 bits per heavy atom. The van der Waals surface area contributed by atoms with Gasteiger partial charge in [-0.3, -0.25) is 0 Å². The standard InChI is InChI=1S/C19H30N4O3/c1-12(2)16-22-17(26-23-16)15(13-5-9-25-10-6-13)21-18(24)20-11-19(7-8-19)14-3-4-14/h12-15H,3-11H2,1-2H3,(H2,20,21,24). The van der Waals surface area contributed by atoms with Crippen LogP contribution in [-0.2, 0) is 4.74 Å². The highest BCUT2D eigenvalue weighted by molar-refractivity contribution is 5.74. The first-order valence-corrected chi connectivity index (χ1v) is 10.0. The highest BCUT2D eigenvalue weighted by atomic mass is 16.5. The predicted octanol–water partition coefficient (Wildman–Crippen LogP) is 3.15. The zero-order valence-corrected chi connectivity index (χ0v) is 15.8. The maximum absolute atomic E-state index is 12.6. The molecule has 0 radical (unpaired) electrons. The number of rotatable bonds is 7. The van der Waals surface area contributed by atoms with E-state index >= 15 is 0 Å². The summed E-state index contributed by atoms with van der Waals surface area (Å²) in [4.78, 5) is 17.1. The lowest BCUT2D eigenvalue weighted by Crippen LogP contribution is -2.44. The van der Waals surface area contributed by atoms with Crippen molar-refractivity contribution in [2.75, 3.05) is 19.8 Å². The average molecular weight is 362 g/mol. The molecule has 1 aliphatic heterocycles. The Kier molecular flexibility index (Phi) is 4.90. The first-order chi connectivity index (χ1) is 12.6. The minimum atomic E-state index is -0.255. The molecule has 2 heterocycles. The molecule has 3 fully saturated rings. The fourth-order valence-corrected chi connectivity index (χ4v) is 4.07. The second kappa shape index (κ2) is 7.18. The first-order valence-electron chi connectivity index (χ1n) is 10.0. The maximum atomic E-state index is 12.6. The lowest BCUT2D eigenvalue weighted by Gasteiger charge is -2.29.